The van der Waals surface area contributed by atoms with Gasteiger partial charge in [0, 0.05) is 42.3 Å². The Hall–Kier alpha value is -3.09. The Morgan fingerprint density at radius 1 is 1.12 bits per heavy atom. The van der Waals surface area contributed by atoms with Crippen LogP contribution < -0.4 is 16.0 Å². The van der Waals surface area contributed by atoms with E-state index >= 15 is 4.39 Å². The minimum Gasteiger partial charge on any atom is -0.465 e. The molecule has 0 aromatic heterocycles. The lowest BCUT2D eigenvalue weighted by atomic mass is 9.38. The number of fused-ring (bicyclic) bond motifs is 2. The van der Waals surface area contributed by atoms with Crippen molar-refractivity contribution in [1.29, 1.82) is 0 Å². The standard InChI is InChI=1S/C30H36F2N4O5S/c31-20-8-6-19(7-9-20)26(30-13-18(14-30)15-30)27(35-29(38)39)28(37)34-25-5-1-4-24(32)23(25)11-10-22-16-33-21-3-2-12-42(40,41)36(22)17-21/h1,4-9,18,21-22,26-27,33,35H,2-3,10-17H2,(H,34,37)(H,38,39). The van der Waals surface area contributed by atoms with Gasteiger partial charge in [-0.05, 0) is 86.1 Å². The van der Waals surface area contributed by atoms with Crippen LogP contribution in [-0.4, -0.2) is 66.8 Å². The van der Waals surface area contributed by atoms with Crippen LogP contribution in [0.2, 0.25) is 0 Å². The maximum atomic E-state index is 15.2. The van der Waals surface area contributed by atoms with Gasteiger partial charge < -0.3 is 21.1 Å². The molecular weight excluding hydrogens is 566 g/mol. The molecule has 2 amide bonds. The van der Waals surface area contributed by atoms with Crippen molar-refractivity contribution in [3.05, 3.63) is 65.2 Å². The van der Waals surface area contributed by atoms with Crippen LogP contribution in [-0.2, 0) is 21.2 Å². The molecule has 5 unspecified atom stereocenters. The van der Waals surface area contributed by atoms with Gasteiger partial charge in [0.1, 0.15) is 17.7 Å². The third-order valence-electron chi connectivity index (χ3n) is 9.74. The first-order valence-corrected chi connectivity index (χ1v) is 16.2. The second kappa shape index (κ2) is 11.2. The van der Waals surface area contributed by atoms with Gasteiger partial charge in [-0.2, -0.15) is 4.31 Å². The molecule has 12 heteroatoms. The van der Waals surface area contributed by atoms with E-state index in [0.717, 1.165) is 25.7 Å². The highest BCUT2D eigenvalue weighted by Gasteiger charge is 2.63. The molecule has 4 N–H and O–H groups in total. The lowest BCUT2D eigenvalue weighted by Gasteiger charge is -2.66. The first-order valence-electron chi connectivity index (χ1n) is 14.6. The van der Waals surface area contributed by atoms with Crippen LogP contribution in [0.15, 0.2) is 42.5 Å². The van der Waals surface area contributed by atoms with E-state index < -0.39 is 45.6 Å². The zero-order valence-electron chi connectivity index (χ0n) is 23.2. The number of carbonyl (C=O) groups is 2. The van der Waals surface area contributed by atoms with Crippen LogP contribution in [0.25, 0.3) is 0 Å². The Labute approximate surface area is 244 Å². The minimum absolute atomic E-state index is 0.0953. The summed E-state index contributed by atoms with van der Waals surface area (Å²) >= 11 is 0. The smallest absolute Gasteiger partial charge is 0.405 e. The number of amides is 2. The monoisotopic (exact) mass is 602 g/mol. The van der Waals surface area contributed by atoms with E-state index in [0.29, 0.717) is 37.4 Å². The summed E-state index contributed by atoms with van der Waals surface area (Å²) in [4.78, 5) is 25.7. The summed E-state index contributed by atoms with van der Waals surface area (Å²) in [5, 5.41) is 18.3. The molecule has 2 saturated heterocycles. The van der Waals surface area contributed by atoms with Gasteiger partial charge in [0.2, 0.25) is 15.9 Å². The molecule has 9 nitrogen and oxygen atoms in total. The molecule has 3 aliphatic carbocycles. The predicted octanol–water partition coefficient (Wildman–Crippen LogP) is 3.82. The lowest BCUT2D eigenvalue weighted by Crippen LogP contribution is -2.62. The van der Waals surface area contributed by atoms with Gasteiger partial charge in [-0.15, -0.1) is 0 Å². The van der Waals surface area contributed by atoms with Crippen molar-refractivity contribution in [1.82, 2.24) is 14.9 Å². The number of nitrogens with one attached hydrogen (secondary N) is 3. The van der Waals surface area contributed by atoms with Crippen LogP contribution in [0.4, 0.5) is 19.3 Å². The highest BCUT2D eigenvalue weighted by molar-refractivity contribution is 7.89. The third kappa shape index (κ3) is 5.51. The molecule has 226 valence electrons. The molecule has 7 rings (SSSR count). The molecule has 4 bridgehead atoms. The summed E-state index contributed by atoms with van der Waals surface area (Å²) in [5.74, 6) is -1.47. The first kappa shape index (κ1) is 29.0. The van der Waals surface area contributed by atoms with Crippen LogP contribution in [0.3, 0.4) is 0 Å². The maximum absolute atomic E-state index is 15.2. The van der Waals surface area contributed by atoms with E-state index in [1.807, 2.05) is 0 Å². The number of anilines is 1. The van der Waals surface area contributed by atoms with E-state index in [9.17, 15) is 27.5 Å². The summed E-state index contributed by atoms with van der Waals surface area (Å²) < 4.78 is 56.3. The Kier molecular flexibility index (Phi) is 7.73. The Morgan fingerprint density at radius 2 is 1.86 bits per heavy atom. The molecular formula is C30H36F2N4O5S. The van der Waals surface area contributed by atoms with Gasteiger partial charge in [-0.25, -0.2) is 22.0 Å². The molecule has 0 radical (unpaired) electrons. The molecule has 2 aromatic carbocycles. The van der Waals surface area contributed by atoms with Crippen LogP contribution >= 0.6 is 0 Å². The number of halogens is 2. The van der Waals surface area contributed by atoms with Crippen molar-refractivity contribution in [2.45, 2.75) is 69.0 Å². The van der Waals surface area contributed by atoms with Gasteiger partial charge in [-0.3, -0.25) is 4.79 Å². The number of piperazine rings is 1. The zero-order chi connectivity index (χ0) is 29.6. The molecule has 5 fully saturated rings. The van der Waals surface area contributed by atoms with Crippen LogP contribution in [0.5, 0.6) is 0 Å². The fourth-order valence-electron chi connectivity index (χ4n) is 7.63. The fraction of sp³-hybridized carbons (Fsp3) is 0.533. The van der Waals surface area contributed by atoms with Crippen molar-refractivity contribution >= 4 is 27.7 Å². The summed E-state index contributed by atoms with van der Waals surface area (Å²) in [6.45, 7) is 0.858. The van der Waals surface area contributed by atoms with Crippen LogP contribution in [0.1, 0.15) is 55.6 Å². The normalized spacial score (nSPS) is 30.5. The molecule has 3 saturated carbocycles. The lowest BCUT2D eigenvalue weighted by molar-refractivity contribution is -0.143. The third-order valence-corrected chi connectivity index (χ3v) is 11.7. The van der Waals surface area contributed by atoms with Crippen molar-refractivity contribution < 1.29 is 31.9 Å². The molecule has 5 aliphatic rings. The van der Waals surface area contributed by atoms with E-state index in [-0.39, 0.29) is 40.9 Å². The maximum Gasteiger partial charge on any atom is 0.405 e. The highest BCUT2D eigenvalue weighted by atomic mass is 32.2. The molecule has 5 atom stereocenters. The first-order chi connectivity index (χ1) is 20.0. The summed E-state index contributed by atoms with van der Waals surface area (Å²) in [6.07, 6.45) is 3.13. The Bertz CT molecular complexity index is 1450. The topological polar surface area (TPSA) is 128 Å². The quantitative estimate of drug-likeness (QED) is 0.346. The predicted molar refractivity (Wildman–Crippen MR) is 153 cm³/mol. The molecule has 42 heavy (non-hydrogen) atoms. The Balaban J connectivity index is 1.24. The number of benzene rings is 2. The van der Waals surface area contributed by atoms with Crippen molar-refractivity contribution in [2.24, 2.45) is 11.3 Å². The van der Waals surface area contributed by atoms with E-state index in [4.69, 9.17) is 0 Å². The fourth-order valence-corrected chi connectivity index (χ4v) is 9.43. The second-order valence-corrected chi connectivity index (χ2v) is 14.4. The number of hydrogen-bond acceptors (Lipinski definition) is 5. The highest BCUT2D eigenvalue weighted by Crippen LogP contribution is 2.71. The number of nitrogens with zero attached hydrogens (tertiary/aromatic N) is 1. The number of carboxylic acid groups (broad SMARTS) is 1. The largest absolute Gasteiger partial charge is 0.465 e. The SMILES string of the molecule is O=C(O)NC(C(=O)Nc1cccc(F)c1CCC1CNC2CCCS(=O)(=O)N1C2)C(c1ccc(F)cc1)C12CC(C1)C2. The van der Waals surface area contributed by atoms with Gasteiger partial charge >= 0.3 is 6.09 Å². The number of hydrogen-bond donors (Lipinski definition) is 4. The van der Waals surface area contributed by atoms with Crippen molar-refractivity contribution in [3.63, 3.8) is 0 Å². The van der Waals surface area contributed by atoms with Gasteiger partial charge in [0.25, 0.3) is 0 Å². The second-order valence-electron chi connectivity index (χ2n) is 12.4. The Morgan fingerprint density at radius 3 is 2.52 bits per heavy atom. The van der Waals surface area contributed by atoms with E-state index in [1.165, 1.54) is 24.3 Å². The number of rotatable bonds is 9. The van der Waals surface area contributed by atoms with Crippen LogP contribution in [0, 0.1) is 23.0 Å². The van der Waals surface area contributed by atoms with Crippen molar-refractivity contribution in [3.8, 4) is 0 Å². The van der Waals surface area contributed by atoms with Gasteiger partial charge in [0.05, 0.1) is 5.75 Å². The summed E-state index contributed by atoms with van der Waals surface area (Å²) in [5.41, 5.74) is 0.859. The molecule has 2 aliphatic heterocycles. The van der Waals surface area contributed by atoms with Gasteiger partial charge in [-0.1, -0.05) is 18.2 Å². The number of carbonyl (C=O) groups excluding carboxylic acids is 1. The molecule has 2 aromatic rings. The number of sulfonamides is 1. The summed E-state index contributed by atoms with van der Waals surface area (Å²) in [7, 11) is -3.41. The van der Waals surface area contributed by atoms with Gasteiger partial charge in [0.15, 0.2) is 0 Å². The average Bonchev–Trinajstić information content (AvgIpc) is 3.00. The minimum atomic E-state index is -3.41. The zero-order valence-corrected chi connectivity index (χ0v) is 24.0. The molecule has 0 spiro atoms. The van der Waals surface area contributed by atoms with Crippen molar-refractivity contribution in [2.75, 3.05) is 24.2 Å². The molecule has 2 heterocycles. The summed E-state index contributed by atoms with van der Waals surface area (Å²) in [6, 6.07) is 8.71. The van der Waals surface area contributed by atoms with E-state index in [1.54, 1.807) is 22.5 Å². The average molecular weight is 603 g/mol. The van der Waals surface area contributed by atoms with E-state index in [2.05, 4.69) is 16.0 Å².